The molecule has 2 unspecified atom stereocenters. The van der Waals surface area contributed by atoms with Crippen LogP contribution in [0.2, 0.25) is 0 Å². The molecule has 1 fully saturated rings. The van der Waals surface area contributed by atoms with Crippen molar-refractivity contribution in [3.05, 3.63) is 23.3 Å². The Balaban J connectivity index is 2.63. The van der Waals surface area contributed by atoms with Crippen LogP contribution in [0.3, 0.4) is 0 Å². The zero-order chi connectivity index (χ0) is 10.0. The van der Waals surface area contributed by atoms with Gasteiger partial charge in [0, 0.05) is 5.57 Å². The molecule has 2 aliphatic rings. The van der Waals surface area contributed by atoms with Gasteiger partial charge < -0.3 is 4.74 Å². The van der Waals surface area contributed by atoms with Crippen LogP contribution in [0.5, 0.6) is 0 Å². The maximum absolute atomic E-state index is 11.4. The molecule has 2 heteroatoms. The Morgan fingerprint density at radius 3 is 2.23 bits per heavy atom. The van der Waals surface area contributed by atoms with E-state index in [4.69, 9.17) is 4.74 Å². The molecule has 0 radical (unpaired) electrons. The maximum Gasteiger partial charge on any atom is 0.335 e. The third kappa shape index (κ3) is 0.578. The zero-order valence-corrected chi connectivity index (χ0v) is 8.52. The monoisotopic (exact) mass is 178 g/mol. The second-order valence-electron chi connectivity index (χ2n) is 4.28. The molecule has 2 atom stereocenters. The first-order valence-electron chi connectivity index (χ1n) is 4.47. The molecule has 0 spiro atoms. The number of esters is 1. The van der Waals surface area contributed by atoms with Crippen LogP contribution in [0.25, 0.3) is 0 Å². The smallest absolute Gasteiger partial charge is 0.335 e. The molecule has 0 bridgehead atoms. The van der Waals surface area contributed by atoms with Gasteiger partial charge in [0.25, 0.3) is 0 Å². The van der Waals surface area contributed by atoms with Gasteiger partial charge in [-0.3, -0.25) is 0 Å². The minimum Gasteiger partial charge on any atom is -0.450 e. The van der Waals surface area contributed by atoms with Crippen molar-refractivity contribution in [3.8, 4) is 0 Å². The molecule has 0 aromatic carbocycles. The summed E-state index contributed by atoms with van der Waals surface area (Å²) in [7, 11) is 0. The zero-order valence-electron chi connectivity index (χ0n) is 8.52. The van der Waals surface area contributed by atoms with E-state index in [1.165, 1.54) is 11.1 Å². The largest absolute Gasteiger partial charge is 0.450 e. The second kappa shape index (κ2) is 1.89. The number of ether oxygens (including phenoxy) is 1. The van der Waals surface area contributed by atoms with Crippen molar-refractivity contribution < 1.29 is 9.53 Å². The first-order valence-corrected chi connectivity index (χ1v) is 4.47. The molecule has 13 heavy (non-hydrogen) atoms. The number of carbonyl (C=O) groups excluding carboxylic acids is 1. The summed E-state index contributed by atoms with van der Waals surface area (Å²) in [6, 6.07) is 0. The molecule has 0 N–H and O–H groups in total. The number of hydrogen-bond donors (Lipinski definition) is 0. The molecule has 0 aromatic heterocycles. The van der Waals surface area contributed by atoms with Gasteiger partial charge in [-0.15, -0.1) is 0 Å². The normalized spacial score (nSPS) is 43.1. The van der Waals surface area contributed by atoms with E-state index in [1.807, 2.05) is 27.7 Å². The molecule has 1 aliphatic heterocycles. The van der Waals surface area contributed by atoms with Crippen molar-refractivity contribution in [2.45, 2.75) is 33.3 Å². The second-order valence-corrected chi connectivity index (χ2v) is 4.28. The molecular weight excluding hydrogens is 164 g/mol. The molecular formula is C11H14O2. The predicted octanol–water partition coefficient (Wildman–Crippen LogP) is 2.21. The van der Waals surface area contributed by atoms with Gasteiger partial charge in [-0.2, -0.15) is 0 Å². The van der Waals surface area contributed by atoms with Crippen LogP contribution in [0.15, 0.2) is 23.3 Å². The average Bonchev–Trinajstić information content (AvgIpc) is 2.26. The highest BCUT2D eigenvalue weighted by atomic mass is 16.6. The van der Waals surface area contributed by atoms with Gasteiger partial charge in [-0.25, -0.2) is 4.79 Å². The molecule has 0 amide bonds. The van der Waals surface area contributed by atoms with Gasteiger partial charge in [0.15, 0.2) is 0 Å². The summed E-state index contributed by atoms with van der Waals surface area (Å²) >= 11 is 0. The Labute approximate surface area is 78.3 Å². The topological polar surface area (TPSA) is 26.3 Å². The lowest BCUT2D eigenvalue weighted by Crippen LogP contribution is -2.52. The summed E-state index contributed by atoms with van der Waals surface area (Å²) in [5, 5.41) is 0. The Morgan fingerprint density at radius 2 is 1.77 bits per heavy atom. The molecule has 0 saturated carbocycles. The minimum absolute atomic E-state index is 0.249. The van der Waals surface area contributed by atoms with Crippen molar-refractivity contribution in [1.29, 1.82) is 0 Å². The third-order valence-electron chi connectivity index (χ3n) is 4.13. The molecule has 1 saturated heterocycles. The molecule has 1 aliphatic carbocycles. The van der Waals surface area contributed by atoms with Crippen LogP contribution >= 0.6 is 0 Å². The van der Waals surface area contributed by atoms with Crippen molar-refractivity contribution in [2.24, 2.45) is 5.41 Å². The highest BCUT2D eigenvalue weighted by Gasteiger charge is 2.66. The quantitative estimate of drug-likeness (QED) is 0.323. The molecule has 1 heterocycles. The van der Waals surface area contributed by atoms with E-state index in [0.29, 0.717) is 5.57 Å². The van der Waals surface area contributed by atoms with Crippen LogP contribution in [-0.2, 0) is 9.53 Å². The Kier molecular flexibility index (Phi) is 1.24. The van der Waals surface area contributed by atoms with Gasteiger partial charge in [0.2, 0.25) is 0 Å². The molecule has 2 rings (SSSR count). The van der Waals surface area contributed by atoms with Gasteiger partial charge >= 0.3 is 5.97 Å². The molecule has 0 aromatic rings. The van der Waals surface area contributed by atoms with E-state index in [2.05, 4.69) is 6.58 Å². The number of fused-ring (bicyclic) bond motifs is 1. The summed E-state index contributed by atoms with van der Waals surface area (Å²) < 4.78 is 5.35. The minimum atomic E-state index is -0.425. The Morgan fingerprint density at radius 1 is 1.23 bits per heavy atom. The van der Waals surface area contributed by atoms with E-state index in [-0.39, 0.29) is 11.4 Å². The van der Waals surface area contributed by atoms with E-state index in [1.54, 1.807) is 0 Å². The van der Waals surface area contributed by atoms with E-state index in [0.717, 1.165) is 0 Å². The Bertz CT molecular complexity index is 364. The third-order valence-corrected chi connectivity index (χ3v) is 4.13. The molecule has 70 valence electrons. The SMILES string of the molecule is C=C1C(=O)OC2(C)C(C)=C(C)C12C. The number of rotatable bonds is 0. The van der Waals surface area contributed by atoms with Crippen molar-refractivity contribution in [1.82, 2.24) is 0 Å². The van der Waals surface area contributed by atoms with Gasteiger partial charge in [0.05, 0.1) is 5.41 Å². The summed E-state index contributed by atoms with van der Waals surface area (Å²) in [6.07, 6.45) is 0. The van der Waals surface area contributed by atoms with Crippen LogP contribution in [-0.4, -0.2) is 11.6 Å². The fraction of sp³-hybridized carbons (Fsp3) is 0.545. The Hall–Kier alpha value is -1.05. The van der Waals surface area contributed by atoms with Gasteiger partial charge in [0.1, 0.15) is 5.60 Å². The first-order chi connectivity index (χ1) is 5.85. The fourth-order valence-corrected chi connectivity index (χ4v) is 2.55. The predicted molar refractivity (Wildman–Crippen MR) is 50.1 cm³/mol. The van der Waals surface area contributed by atoms with Crippen molar-refractivity contribution in [3.63, 3.8) is 0 Å². The average molecular weight is 178 g/mol. The van der Waals surface area contributed by atoms with Crippen molar-refractivity contribution >= 4 is 5.97 Å². The van der Waals surface area contributed by atoms with Crippen LogP contribution < -0.4 is 0 Å². The fourth-order valence-electron chi connectivity index (χ4n) is 2.55. The van der Waals surface area contributed by atoms with Crippen LogP contribution in [0.4, 0.5) is 0 Å². The van der Waals surface area contributed by atoms with Crippen molar-refractivity contribution in [2.75, 3.05) is 0 Å². The van der Waals surface area contributed by atoms with Gasteiger partial charge in [-0.05, 0) is 33.3 Å². The number of carbonyl (C=O) groups is 1. The standard InChI is InChI=1S/C11H14O2/c1-6-7(2)11(5)10(6,4)8(3)9(12)13-11/h3H2,1-2,4-5H3. The van der Waals surface area contributed by atoms with E-state index < -0.39 is 5.60 Å². The highest BCUT2D eigenvalue weighted by Crippen LogP contribution is 2.63. The summed E-state index contributed by atoms with van der Waals surface area (Å²) in [6.45, 7) is 11.9. The van der Waals surface area contributed by atoms with Crippen LogP contribution in [0.1, 0.15) is 27.7 Å². The van der Waals surface area contributed by atoms with Crippen LogP contribution in [0, 0.1) is 5.41 Å². The highest BCUT2D eigenvalue weighted by molar-refractivity contribution is 5.96. The lowest BCUT2D eigenvalue weighted by Gasteiger charge is -2.50. The number of hydrogen-bond acceptors (Lipinski definition) is 2. The van der Waals surface area contributed by atoms with Gasteiger partial charge in [-0.1, -0.05) is 12.2 Å². The summed E-state index contributed by atoms with van der Waals surface area (Å²) in [4.78, 5) is 11.4. The lowest BCUT2D eigenvalue weighted by atomic mass is 9.54. The van der Waals surface area contributed by atoms with E-state index >= 15 is 0 Å². The maximum atomic E-state index is 11.4. The first kappa shape index (κ1) is 8.54. The molecule has 2 nitrogen and oxygen atoms in total. The summed E-state index contributed by atoms with van der Waals surface area (Å²) in [5.41, 5.74) is 2.31. The lowest BCUT2D eigenvalue weighted by molar-refractivity contribution is -0.146. The summed E-state index contributed by atoms with van der Waals surface area (Å²) in [5.74, 6) is -0.249. The van der Waals surface area contributed by atoms with E-state index in [9.17, 15) is 4.79 Å².